The van der Waals surface area contributed by atoms with Crippen LogP contribution in [0.1, 0.15) is 60.5 Å². The van der Waals surface area contributed by atoms with Gasteiger partial charge in [0, 0.05) is 11.6 Å². The quantitative estimate of drug-likeness (QED) is 0.898. The van der Waals surface area contributed by atoms with Crippen LogP contribution >= 0.6 is 0 Å². The Kier molecular flexibility index (Phi) is 3.25. The SMILES string of the molecule is NC(=O)c1c(C2CCCC2)nn2c1NC(=C1CC1)C=C2C(F)F. The summed E-state index contributed by atoms with van der Waals surface area (Å²) in [6.07, 6.45) is 4.52. The zero-order valence-electron chi connectivity index (χ0n) is 12.6. The zero-order valence-corrected chi connectivity index (χ0v) is 12.6. The van der Waals surface area contributed by atoms with Gasteiger partial charge in [0.2, 0.25) is 0 Å². The second-order valence-electron chi connectivity index (χ2n) is 6.38. The lowest BCUT2D eigenvalue weighted by Gasteiger charge is -2.20. The second-order valence-corrected chi connectivity index (χ2v) is 6.38. The summed E-state index contributed by atoms with van der Waals surface area (Å²) in [6, 6.07) is 0. The molecule has 0 atom stereocenters. The summed E-state index contributed by atoms with van der Waals surface area (Å²) in [5.41, 5.74) is 7.94. The summed E-state index contributed by atoms with van der Waals surface area (Å²) in [5, 5.41) is 7.46. The van der Waals surface area contributed by atoms with Gasteiger partial charge in [-0.05, 0) is 37.3 Å². The minimum Gasteiger partial charge on any atom is -0.365 e. The van der Waals surface area contributed by atoms with Crippen molar-refractivity contribution < 1.29 is 13.6 Å². The molecule has 2 aliphatic carbocycles. The van der Waals surface area contributed by atoms with Gasteiger partial charge in [-0.2, -0.15) is 5.10 Å². The van der Waals surface area contributed by atoms with Crippen molar-refractivity contribution in [2.45, 2.75) is 50.9 Å². The highest BCUT2D eigenvalue weighted by molar-refractivity contribution is 6.00. The Balaban J connectivity index is 1.88. The molecule has 0 bridgehead atoms. The molecule has 0 radical (unpaired) electrons. The highest BCUT2D eigenvalue weighted by Gasteiger charge is 2.35. The molecule has 2 saturated carbocycles. The summed E-state index contributed by atoms with van der Waals surface area (Å²) in [4.78, 5) is 12.0. The van der Waals surface area contributed by atoms with Crippen molar-refractivity contribution in [1.82, 2.24) is 9.78 Å². The number of halogens is 2. The molecule has 1 aromatic rings. The lowest BCUT2D eigenvalue weighted by atomic mass is 9.99. The molecule has 2 fully saturated rings. The number of alkyl halides is 2. The summed E-state index contributed by atoms with van der Waals surface area (Å²) in [6.45, 7) is 0. The van der Waals surface area contributed by atoms with E-state index in [4.69, 9.17) is 5.73 Å². The highest BCUT2D eigenvalue weighted by Crippen LogP contribution is 2.42. The number of amides is 1. The van der Waals surface area contributed by atoms with Crippen LogP contribution in [0.2, 0.25) is 0 Å². The molecule has 0 saturated heterocycles. The van der Waals surface area contributed by atoms with Gasteiger partial charge >= 0.3 is 0 Å². The molecule has 122 valence electrons. The van der Waals surface area contributed by atoms with E-state index in [-0.39, 0.29) is 17.2 Å². The van der Waals surface area contributed by atoms with Crippen LogP contribution in [0.3, 0.4) is 0 Å². The van der Waals surface area contributed by atoms with Gasteiger partial charge < -0.3 is 11.1 Å². The average Bonchev–Trinajstić information content (AvgIpc) is 3.08. The van der Waals surface area contributed by atoms with Crippen LogP contribution in [-0.2, 0) is 0 Å². The zero-order chi connectivity index (χ0) is 16.1. The Labute approximate surface area is 132 Å². The van der Waals surface area contributed by atoms with Gasteiger partial charge in [0.15, 0.2) is 0 Å². The number of nitrogens with zero attached hydrogens (tertiary/aromatic N) is 2. The largest absolute Gasteiger partial charge is 0.365 e. The van der Waals surface area contributed by atoms with Crippen LogP contribution in [0.15, 0.2) is 17.3 Å². The number of hydrogen-bond donors (Lipinski definition) is 2. The molecular formula is C16H18F2N4O. The predicted octanol–water partition coefficient (Wildman–Crippen LogP) is 3.22. The number of carbonyl (C=O) groups is 1. The molecule has 3 aliphatic rings. The molecule has 0 unspecified atom stereocenters. The number of fused-ring (bicyclic) bond motifs is 1. The fraction of sp³-hybridized carbons (Fsp3) is 0.500. The van der Waals surface area contributed by atoms with E-state index in [9.17, 15) is 13.6 Å². The Bertz CT molecular complexity index is 736. The van der Waals surface area contributed by atoms with Crippen LogP contribution in [0.5, 0.6) is 0 Å². The summed E-state index contributed by atoms with van der Waals surface area (Å²) >= 11 is 0. The number of primary amides is 1. The molecule has 1 aliphatic heterocycles. The maximum Gasteiger partial charge on any atom is 0.280 e. The predicted molar refractivity (Wildman–Crippen MR) is 82.1 cm³/mol. The number of nitrogens with two attached hydrogens (primary N) is 1. The molecule has 7 heteroatoms. The lowest BCUT2D eigenvalue weighted by Crippen LogP contribution is -2.20. The normalized spacial score (nSPS) is 20.6. The van der Waals surface area contributed by atoms with E-state index in [1.807, 2.05) is 0 Å². The van der Waals surface area contributed by atoms with E-state index in [2.05, 4.69) is 10.4 Å². The average molecular weight is 320 g/mol. The smallest absolute Gasteiger partial charge is 0.280 e. The van der Waals surface area contributed by atoms with Crippen LogP contribution in [-0.4, -0.2) is 22.1 Å². The van der Waals surface area contributed by atoms with Crippen molar-refractivity contribution in [1.29, 1.82) is 0 Å². The molecule has 0 spiro atoms. The summed E-state index contributed by atoms with van der Waals surface area (Å²) in [7, 11) is 0. The fourth-order valence-corrected chi connectivity index (χ4v) is 3.52. The monoisotopic (exact) mass is 320 g/mol. The lowest BCUT2D eigenvalue weighted by molar-refractivity contribution is 0.0999. The molecule has 5 nitrogen and oxygen atoms in total. The first-order valence-corrected chi connectivity index (χ1v) is 7.98. The molecule has 1 aromatic heterocycles. The number of allylic oxidation sites excluding steroid dienone is 3. The summed E-state index contributed by atoms with van der Waals surface area (Å²) < 4.78 is 28.1. The fourth-order valence-electron chi connectivity index (χ4n) is 3.52. The van der Waals surface area contributed by atoms with Gasteiger partial charge in [0.05, 0.1) is 5.69 Å². The number of anilines is 1. The first-order chi connectivity index (χ1) is 11.1. The van der Waals surface area contributed by atoms with Crippen molar-refractivity contribution in [3.63, 3.8) is 0 Å². The molecular weight excluding hydrogens is 302 g/mol. The highest BCUT2D eigenvalue weighted by atomic mass is 19.3. The van der Waals surface area contributed by atoms with Crippen LogP contribution in [0, 0.1) is 0 Å². The van der Waals surface area contributed by atoms with Gasteiger partial charge in [0.1, 0.15) is 17.1 Å². The van der Waals surface area contributed by atoms with Crippen molar-refractivity contribution >= 4 is 17.4 Å². The van der Waals surface area contributed by atoms with Gasteiger partial charge in [-0.1, -0.05) is 12.8 Å². The van der Waals surface area contributed by atoms with E-state index in [1.54, 1.807) is 0 Å². The maximum absolute atomic E-state index is 13.5. The van der Waals surface area contributed by atoms with Crippen molar-refractivity contribution in [2.75, 3.05) is 5.32 Å². The van der Waals surface area contributed by atoms with Gasteiger partial charge in [-0.15, -0.1) is 0 Å². The Morgan fingerprint density at radius 1 is 1.35 bits per heavy atom. The number of carbonyl (C=O) groups excluding carboxylic acids is 1. The minimum absolute atomic E-state index is 0.119. The summed E-state index contributed by atoms with van der Waals surface area (Å²) in [5.74, 6) is -0.198. The van der Waals surface area contributed by atoms with Gasteiger partial charge in [-0.25, -0.2) is 13.5 Å². The molecule has 0 aromatic carbocycles. The number of hydrogen-bond acceptors (Lipinski definition) is 3. The number of aromatic nitrogens is 2. The molecule has 23 heavy (non-hydrogen) atoms. The van der Waals surface area contributed by atoms with E-state index < -0.39 is 12.3 Å². The van der Waals surface area contributed by atoms with Crippen LogP contribution in [0.25, 0.3) is 5.70 Å². The molecule has 3 N–H and O–H groups in total. The van der Waals surface area contributed by atoms with E-state index in [0.29, 0.717) is 17.2 Å². The third-order valence-corrected chi connectivity index (χ3v) is 4.80. The second kappa shape index (κ2) is 5.18. The minimum atomic E-state index is -2.66. The standard InChI is InChI=1S/C16H18F2N4O/c17-14(18)11-7-10(8-5-6-8)20-16-12(15(19)23)13(21-22(11)16)9-3-1-2-4-9/h7,9,14,20H,1-6H2,(H2,19,23). The number of rotatable bonds is 3. The Morgan fingerprint density at radius 2 is 2.04 bits per heavy atom. The third kappa shape index (κ3) is 2.34. The van der Waals surface area contributed by atoms with Crippen molar-refractivity contribution in [3.05, 3.63) is 28.6 Å². The van der Waals surface area contributed by atoms with E-state index in [0.717, 1.165) is 44.1 Å². The number of nitrogens with one attached hydrogen (secondary N) is 1. The molecule has 1 amide bonds. The van der Waals surface area contributed by atoms with Crippen LogP contribution < -0.4 is 11.1 Å². The van der Waals surface area contributed by atoms with Crippen molar-refractivity contribution in [3.8, 4) is 0 Å². The van der Waals surface area contributed by atoms with Gasteiger partial charge in [0.25, 0.3) is 12.3 Å². The topological polar surface area (TPSA) is 72.9 Å². The van der Waals surface area contributed by atoms with Gasteiger partial charge in [-0.3, -0.25) is 4.79 Å². The van der Waals surface area contributed by atoms with E-state index >= 15 is 0 Å². The first kappa shape index (κ1) is 14.4. The van der Waals surface area contributed by atoms with E-state index in [1.165, 1.54) is 10.8 Å². The third-order valence-electron chi connectivity index (χ3n) is 4.80. The van der Waals surface area contributed by atoms with Crippen LogP contribution in [0.4, 0.5) is 14.6 Å². The Morgan fingerprint density at radius 3 is 2.61 bits per heavy atom. The first-order valence-electron chi connectivity index (χ1n) is 7.98. The Hall–Kier alpha value is -2.18. The maximum atomic E-state index is 13.5. The molecule has 2 heterocycles. The molecule has 4 rings (SSSR count). The van der Waals surface area contributed by atoms with Crippen molar-refractivity contribution in [2.24, 2.45) is 5.73 Å².